The van der Waals surface area contributed by atoms with Crippen LogP contribution in [0.1, 0.15) is 23.0 Å². The van der Waals surface area contributed by atoms with E-state index in [0.717, 1.165) is 5.56 Å². The molecule has 0 bridgehead atoms. The van der Waals surface area contributed by atoms with Crippen molar-refractivity contribution < 1.29 is 4.79 Å². The van der Waals surface area contributed by atoms with Crippen LogP contribution in [-0.2, 0) is 6.54 Å². The molecule has 5 nitrogen and oxygen atoms in total. The number of benzene rings is 1. The number of allylic oxidation sites excluding steroid dienone is 1. The second kappa shape index (κ2) is 6.47. The predicted molar refractivity (Wildman–Crippen MR) is 80.0 cm³/mol. The largest absolute Gasteiger partial charge is 0.364 e. The summed E-state index contributed by atoms with van der Waals surface area (Å²) in [6, 6.07) is 9.88. The van der Waals surface area contributed by atoms with Gasteiger partial charge in [0, 0.05) is 12.8 Å². The van der Waals surface area contributed by atoms with Crippen LogP contribution in [0.5, 0.6) is 0 Å². The highest BCUT2D eigenvalue weighted by molar-refractivity contribution is 5.97. The summed E-state index contributed by atoms with van der Waals surface area (Å²) in [5, 5.41) is 4.07. The standard InChI is InChI=1S/C15H16N4O/c1-2-19-14(15(16)20)13(11-18-19)17-10-6-9-12-7-4-3-5-8-12/h3-11H,2H2,1H3,(H2,16,20). The first kappa shape index (κ1) is 13.7. The van der Waals surface area contributed by atoms with Crippen LogP contribution in [0.2, 0.25) is 0 Å². The number of aliphatic imine (C=N–C) groups is 1. The Balaban J connectivity index is 2.14. The number of hydrogen-bond donors (Lipinski definition) is 1. The lowest BCUT2D eigenvalue weighted by Gasteiger charge is -2.00. The molecule has 0 fully saturated rings. The molecule has 2 N–H and O–H groups in total. The first-order chi connectivity index (χ1) is 9.72. The van der Waals surface area contributed by atoms with Gasteiger partial charge in [0.25, 0.3) is 5.91 Å². The number of hydrogen-bond acceptors (Lipinski definition) is 3. The van der Waals surface area contributed by atoms with Gasteiger partial charge in [0.15, 0.2) is 5.69 Å². The zero-order chi connectivity index (χ0) is 14.4. The fourth-order valence-corrected chi connectivity index (χ4v) is 1.80. The number of nitrogens with two attached hydrogens (primary N) is 1. The monoisotopic (exact) mass is 268 g/mol. The number of carbonyl (C=O) groups is 1. The quantitative estimate of drug-likeness (QED) is 0.846. The van der Waals surface area contributed by atoms with Crippen molar-refractivity contribution in [2.24, 2.45) is 10.7 Å². The highest BCUT2D eigenvalue weighted by Gasteiger charge is 2.13. The molecule has 0 radical (unpaired) electrons. The smallest absolute Gasteiger partial charge is 0.269 e. The van der Waals surface area contributed by atoms with E-state index >= 15 is 0 Å². The minimum atomic E-state index is -0.525. The number of amides is 1. The molecule has 1 aromatic heterocycles. The second-order valence-corrected chi connectivity index (χ2v) is 4.11. The predicted octanol–water partition coefficient (Wildman–Crippen LogP) is 2.42. The first-order valence-corrected chi connectivity index (χ1v) is 6.33. The van der Waals surface area contributed by atoms with Crippen molar-refractivity contribution >= 4 is 23.9 Å². The van der Waals surface area contributed by atoms with Gasteiger partial charge in [-0.15, -0.1) is 0 Å². The van der Waals surface area contributed by atoms with E-state index in [1.54, 1.807) is 6.21 Å². The SMILES string of the molecule is CCn1ncc(N=CC=Cc2ccccc2)c1C(N)=O. The molecule has 2 aromatic rings. The van der Waals surface area contributed by atoms with Crippen LogP contribution >= 0.6 is 0 Å². The van der Waals surface area contributed by atoms with E-state index in [1.165, 1.54) is 10.9 Å². The molecular weight excluding hydrogens is 252 g/mol. The Hall–Kier alpha value is -2.69. The summed E-state index contributed by atoms with van der Waals surface area (Å²) in [4.78, 5) is 15.6. The van der Waals surface area contributed by atoms with E-state index in [-0.39, 0.29) is 0 Å². The number of aromatic nitrogens is 2. The fraction of sp³-hybridized carbons (Fsp3) is 0.133. The van der Waals surface area contributed by atoms with Crippen molar-refractivity contribution in [1.82, 2.24) is 9.78 Å². The maximum Gasteiger partial charge on any atom is 0.269 e. The van der Waals surface area contributed by atoms with Crippen molar-refractivity contribution in [3.63, 3.8) is 0 Å². The maximum absolute atomic E-state index is 11.4. The van der Waals surface area contributed by atoms with Crippen LogP contribution < -0.4 is 5.73 Å². The number of nitrogens with zero attached hydrogens (tertiary/aromatic N) is 3. The highest BCUT2D eigenvalue weighted by atomic mass is 16.1. The normalized spacial score (nSPS) is 11.4. The van der Waals surface area contributed by atoms with E-state index < -0.39 is 5.91 Å². The van der Waals surface area contributed by atoms with Crippen LogP contribution in [0.15, 0.2) is 47.6 Å². The van der Waals surface area contributed by atoms with E-state index in [2.05, 4.69) is 10.1 Å². The molecule has 0 aliphatic rings. The van der Waals surface area contributed by atoms with Gasteiger partial charge in [-0.2, -0.15) is 5.10 Å². The van der Waals surface area contributed by atoms with E-state index in [9.17, 15) is 4.79 Å². The number of primary amides is 1. The van der Waals surface area contributed by atoms with Gasteiger partial charge >= 0.3 is 0 Å². The van der Waals surface area contributed by atoms with Gasteiger partial charge in [-0.05, 0) is 18.6 Å². The molecule has 1 amide bonds. The summed E-state index contributed by atoms with van der Waals surface area (Å²) in [6.07, 6.45) is 6.90. The summed E-state index contributed by atoms with van der Waals surface area (Å²) < 4.78 is 1.54. The lowest BCUT2D eigenvalue weighted by Crippen LogP contribution is -2.17. The van der Waals surface area contributed by atoms with Crippen molar-refractivity contribution in [2.45, 2.75) is 13.5 Å². The van der Waals surface area contributed by atoms with Gasteiger partial charge in [0.2, 0.25) is 0 Å². The Kier molecular flexibility index (Phi) is 4.44. The lowest BCUT2D eigenvalue weighted by molar-refractivity contribution is 0.0991. The van der Waals surface area contributed by atoms with Crippen LogP contribution in [0.25, 0.3) is 6.08 Å². The van der Waals surface area contributed by atoms with Gasteiger partial charge in [0.05, 0.1) is 6.20 Å². The molecule has 102 valence electrons. The molecule has 0 saturated heterocycles. The molecule has 0 atom stereocenters. The number of aryl methyl sites for hydroxylation is 1. The summed E-state index contributed by atoms with van der Waals surface area (Å²) in [6.45, 7) is 2.47. The molecular formula is C15H16N4O. The third-order valence-corrected chi connectivity index (χ3v) is 2.74. The fourth-order valence-electron chi connectivity index (χ4n) is 1.80. The maximum atomic E-state index is 11.4. The average Bonchev–Trinajstić information content (AvgIpc) is 2.88. The first-order valence-electron chi connectivity index (χ1n) is 6.33. The highest BCUT2D eigenvalue weighted by Crippen LogP contribution is 2.17. The molecule has 1 aromatic carbocycles. The summed E-state index contributed by atoms with van der Waals surface area (Å²) in [5.41, 5.74) is 7.23. The average molecular weight is 268 g/mol. The van der Waals surface area contributed by atoms with Gasteiger partial charge in [-0.1, -0.05) is 36.4 Å². The van der Waals surface area contributed by atoms with Crippen LogP contribution in [0.4, 0.5) is 5.69 Å². The van der Waals surface area contributed by atoms with Crippen LogP contribution in [0, 0.1) is 0 Å². The Bertz CT molecular complexity index is 641. The lowest BCUT2D eigenvalue weighted by atomic mass is 10.2. The molecule has 0 saturated carbocycles. The van der Waals surface area contributed by atoms with Crippen LogP contribution in [-0.4, -0.2) is 21.9 Å². The minimum absolute atomic E-state index is 0.330. The van der Waals surface area contributed by atoms with Crippen molar-refractivity contribution in [2.75, 3.05) is 0 Å². The van der Waals surface area contributed by atoms with E-state index in [1.807, 2.05) is 49.4 Å². The zero-order valence-corrected chi connectivity index (χ0v) is 11.2. The summed E-state index contributed by atoms with van der Waals surface area (Å²) in [5.74, 6) is -0.525. The van der Waals surface area contributed by atoms with Gasteiger partial charge in [-0.25, -0.2) is 0 Å². The second-order valence-electron chi connectivity index (χ2n) is 4.11. The molecule has 2 rings (SSSR count). The summed E-state index contributed by atoms with van der Waals surface area (Å²) >= 11 is 0. The third-order valence-electron chi connectivity index (χ3n) is 2.74. The number of rotatable bonds is 5. The number of carbonyl (C=O) groups excluding carboxylic acids is 1. The molecule has 20 heavy (non-hydrogen) atoms. The Morgan fingerprint density at radius 1 is 1.40 bits per heavy atom. The Labute approximate surface area is 117 Å². The van der Waals surface area contributed by atoms with Crippen molar-refractivity contribution in [3.8, 4) is 0 Å². The van der Waals surface area contributed by atoms with Gasteiger partial charge in [-0.3, -0.25) is 14.5 Å². The van der Waals surface area contributed by atoms with Gasteiger partial charge in [0.1, 0.15) is 5.69 Å². The van der Waals surface area contributed by atoms with Gasteiger partial charge < -0.3 is 5.73 Å². The van der Waals surface area contributed by atoms with Crippen molar-refractivity contribution in [3.05, 3.63) is 53.9 Å². The zero-order valence-electron chi connectivity index (χ0n) is 11.2. The molecule has 5 heteroatoms. The molecule has 1 heterocycles. The van der Waals surface area contributed by atoms with Crippen LogP contribution in [0.3, 0.4) is 0 Å². The summed E-state index contributed by atoms with van der Waals surface area (Å²) in [7, 11) is 0. The Morgan fingerprint density at radius 2 is 2.15 bits per heavy atom. The molecule has 0 aliphatic carbocycles. The van der Waals surface area contributed by atoms with E-state index in [4.69, 9.17) is 5.73 Å². The van der Waals surface area contributed by atoms with E-state index in [0.29, 0.717) is 17.9 Å². The topological polar surface area (TPSA) is 73.3 Å². The Morgan fingerprint density at radius 3 is 2.80 bits per heavy atom. The minimum Gasteiger partial charge on any atom is -0.364 e. The molecule has 0 spiro atoms. The molecule has 0 unspecified atom stereocenters. The molecule has 0 aliphatic heterocycles. The van der Waals surface area contributed by atoms with Crippen molar-refractivity contribution in [1.29, 1.82) is 0 Å². The third kappa shape index (κ3) is 3.20.